The highest BCUT2D eigenvalue weighted by Crippen LogP contribution is 2.31. The van der Waals surface area contributed by atoms with Gasteiger partial charge in [-0.2, -0.15) is 0 Å². The lowest BCUT2D eigenvalue weighted by atomic mass is 10.2. The number of aryl methyl sites for hydroxylation is 1. The first-order valence-electron chi connectivity index (χ1n) is 11.4. The van der Waals surface area contributed by atoms with Gasteiger partial charge in [0.1, 0.15) is 0 Å². The summed E-state index contributed by atoms with van der Waals surface area (Å²) in [5, 5.41) is 12.4. The lowest BCUT2D eigenvalue weighted by Crippen LogP contribution is -2.26. The zero-order chi connectivity index (χ0) is 24.2. The molecule has 1 N–H and O–H groups in total. The van der Waals surface area contributed by atoms with Gasteiger partial charge in [-0.15, -0.1) is 10.2 Å². The van der Waals surface area contributed by atoms with E-state index in [4.69, 9.17) is 0 Å². The summed E-state index contributed by atoms with van der Waals surface area (Å²) in [5.41, 5.74) is 4.27. The van der Waals surface area contributed by atoms with E-state index < -0.39 is 0 Å². The standard InChI is InChI=1S/C26H24N6O2S/c1-18-7-2-4-9-21(18)32-25(19-12-14-27-15-13-19)29-30-26(32)35-17-23(33)28-20-8-3-5-10-22(20)31-16-6-11-24(31)34/h2-5,7-10,12-15H,6,11,16-17H2,1H3,(H,28,33). The number of carbonyl (C=O) groups excluding carboxylic acids is 2. The summed E-state index contributed by atoms with van der Waals surface area (Å²) in [7, 11) is 0. The average Bonchev–Trinajstić information content (AvgIpc) is 3.50. The highest BCUT2D eigenvalue weighted by molar-refractivity contribution is 7.99. The number of carbonyl (C=O) groups is 2. The second kappa shape index (κ2) is 10.1. The molecule has 0 aliphatic carbocycles. The van der Waals surface area contributed by atoms with Crippen molar-refractivity contribution >= 4 is 35.0 Å². The zero-order valence-corrected chi connectivity index (χ0v) is 20.0. The van der Waals surface area contributed by atoms with Crippen molar-refractivity contribution in [2.75, 3.05) is 22.5 Å². The van der Waals surface area contributed by atoms with Gasteiger partial charge >= 0.3 is 0 Å². The molecule has 4 aromatic rings. The second-order valence-electron chi connectivity index (χ2n) is 8.17. The molecule has 0 spiro atoms. The molecule has 0 atom stereocenters. The first kappa shape index (κ1) is 22.8. The maximum atomic E-state index is 12.9. The Balaban J connectivity index is 1.38. The Kier molecular flexibility index (Phi) is 6.58. The van der Waals surface area contributed by atoms with Crippen LogP contribution in [-0.4, -0.2) is 43.9 Å². The van der Waals surface area contributed by atoms with Gasteiger partial charge in [-0.3, -0.25) is 19.1 Å². The molecule has 5 rings (SSSR count). The minimum atomic E-state index is -0.182. The molecule has 35 heavy (non-hydrogen) atoms. The van der Waals surface area contributed by atoms with Crippen molar-refractivity contribution in [1.82, 2.24) is 19.7 Å². The van der Waals surface area contributed by atoms with Crippen molar-refractivity contribution in [2.45, 2.75) is 24.9 Å². The van der Waals surface area contributed by atoms with Crippen LogP contribution in [0.2, 0.25) is 0 Å². The normalized spacial score (nSPS) is 13.3. The van der Waals surface area contributed by atoms with E-state index in [1.807, 2.05) is 72.2 Å². The summed E-state index contributed by atoms with van der Waals surface area (Å²) in [6, 6.07) is 19.2. The maximum absolute atomic E-state index is 12.9. The summed E-state index contributed by atoms with van der Waals surface area (Å²) >= 11 is 1.31. The lowest BCUT2D eigenvalue weighted by Gasteiger charge is -2.20. The van der Waals surface area contributed by atoms with Crippen molar-refractivity contribution in [3.63, 3.8) is 0 Å². The van der Waals surface area contributed by atoms with Crippen molar-refractivity contribution in [2.24, 2.45) is 0 Å². The summed E-state index contributed by atoms with van der Waals surface area (Å²) in [6.45, 7) is 2.70. The van der Waals surface area contributed by atoms with Crippen molar-refractivity contribution in [3.05, 3.63) is 78.6 Å². The molecule has 0 bridgehead atoms. The highest BCUT2D eigenvalue weighted by atomic mass is 32.2. The topological polar surface area (TPSA) is 93.0 Å². The van der Waals surface area contributed by atoms with Crippen LogP contribution in [0.3, 0.4) is 0 Å². The Morgan fingerprint density at radius 3 is 2.49 bits per heavy atom. The van der Waals surface area contributed by atoms with Gasteiger partial charge in [0.15, 0.2) is 11.0 Å². The van der Waals surface area contributed by atoms with E-state index in [2.05, 4.69) is 20.5 Å². The Labute approximate surface area is 207 Å². The molecule has 2 amide bonds. The molecule has 1 saturated heterocycles. The summed E-state index contributed by atoms with van der Waals surface area (Å²) in [4.78, 5) is 31.0. The van der Waals surface area contributed by atoms with Crippen molar-refractivity contribution in [1.29, 1.82) is 0 Å². The van der Waals surface area contributed by atoms with Crippen molar-refractivity contribution < 1.29 is 9.59 Å². The fourth-order valence-corrected chi connectivity index (χ4v) is 4.86. The molecule has 2 aromatic carbocycles. The molecule has 8 nitrogen and oxygen atoms in total. The number of nitrogens with one attached hydrogen (secondary N) is 1. The van der Waals surface area contributed by atoms with Crippen LogP contribution in [0.1, 0.15) is 18.4 Å². The predicted molar refractivity (Wildman–Crippen MR) is 137 cm³/mol. The predicted octanol–water partition coefficient (Wildman–Crippen LogP) is 4.50. The van der Waals surface area contributed by atoms with E-state index in [0.717, 1.165) is 28.9 Å². The zero-order valence-electron chi connectivity index (χ0n) is 19.2. The molecule has 1 aliphatic rings. The van der Waals surface area contributed by atoms with E-state index in [1.54, 1.807) is 17.3 Å². The number of anilines is 2. The monoisotopic (exact) mass is 484 g/mol. The van der Waals surface area contributed by atoms with Gasteiger partial charge in [-0.25, -0.2) is 0 Å². The van der Waals surface area contributed by atoms with Gasteiger partial charge in [-0.1, -0.05) is 42.1 Å². The number of rotatable bonds is 7. The number of para-hydroxylation sites is 3. The molecular weight excluding hydrogens is 460 g/mol. The van der Waals surface area contributed by atoms with E-state index >= 15 is 0 Å². The molecule has 176 valence electrons. The summed E-state index contributed by atoms with van der Waals surface area (Å²) in [5.74, 6) is 0.722. The van der Waals surface area contributed by atoms with Crippen LogP contribution in [0.5, 0.6) is 0 Å². The quantitative estimate of drug-likeness (QED) is 0.389. The molecule has 3 heterocycles. The van der Waals surface area contributed by atoms with Gasteiger partial charge in [0.05, 0.1) is 22.8 Å². The maximum Gasteiger partial charge on any atom is 0.234 e. The van der Waals surface area contributed by atoms with Gasteiger partial charge in [0, 0.05) is 30.9 Å². The minimum absolute atomic E-state index is 0.0797. The van der Waals surface area contributed by atoms with Crippen LogP contribution in [0.4, 0.5) is 11.4 Å². The molecule has 0 unspecified atom stereocenters. The SMILES string of the molecule is Cc1ccccc1-n1c(SCC(=O)Nc2ccccc2N2CCCC2=O)nnc1-c1ccncc1. The summed E-state index contributed by atoms with van der Waals surface area (Å²) in [6.07, 6.45) is 4.79. The Hall–Kier alpha value is -3.98. The van der Waals surface area contributed by atoms with Crippen LogP contribution < -0.4 is 10.2 Å². The Bertz CT molecular complexity index is 1370. The van der Waals surface area contributed by atoms with Crippen LogP contribution in [0.15, 0.2) is 78.2 Å². The van der Waals surface area contributed by atoms with Gasteiger partial charge < -0.3 is 10.2 Å². The number of aromatic nitrogens is 4. The van der Waals surface area contributed by atoms with E-state index in [-0.39, 0.29) is 17.6 Å². The fourth-order valence-electron chi connectivity index (χ4n) is 4.12. The highest BCUT2D eigenvalue weighted by Gasteiger charge is 2.24. The third-order valence-electron chi connectivity index (χ3n) is 5.80. The van der Waals surface area contributed by atoms with E-state index in [1.165, 1.54) is 11.8 Å². The number of thioether (sulfide) groups is 1. The van der Waals surface area contributed by atoms with E-state index in [9.17, 15) is 9.59 Å². The molecule has 0 saturated carbocycles. The molecule has 1 fully saturated rings. The summed E-state index contributed by atoms with van der Waals surface area (Å²) < 4.78 is 1.97. The number of hydrogen-bond acceptors (Lipinski definition) is 6. The van der Waals surface area contributed by atoms with Crippen LogP contribution >= 0.6 is 11.8 Å². The van der Waals surface area contributed by atoms with Crippen molar-refractivity contribution in [3.8, 4) is 17.1 Å². The average molecular weight is 485 g/mol. The smallest absolute Gasteiger partial charge is 0.234 e. The molecule has 1 aliphatic heterocycles. The van der Waals surface area contributed by atoms with Gasteiger partial charge in [-0.05, 0) is 49.2 Å². The Morgan fingerprint density at radius 2 is 1.74 bits per heavy atom. The van der Waals surface area contributed by atoms with Gasteiger partial charge in [0.2, 0.25) is 11.8 Å². The third kappa shape index (κ3) is 4.81. The Morgan fingerprint density at radius 1 is 1.00 bits per heavy atom. The third-order valence-corrected chi connectivity index (χ3v) is 6.73. The molecule has 9 heteroatoms. The number of benzene rings is 2. The van der Waals surface area contributed by atoms with Crippen LogP contribution in [-0.2, 0) is 9.59 Å². The van der Waals surface area contributed by atoms with E-state index in [0.29, 0.717) is 29.6 Å². The second-order valence-corrected chi connectivity index (χ2v) is 9.11. The molecule has 0 radical (unpaired) electrons. The largest absolute Gasteiger partial charge is 0.324 e. The molecule has 2 aromatic heterocycles. The number of nitrogens with zero attached hydrogens (tertiary/aromatic N) is 5. The number of hydrogen-bond donors (Lipinski definition) is 1. The fraction of sp³-hybridized carbons (Fsp3) is 0.192. The number of pyridine rings is 1. The number of amides is 2. The molecular formula is C26H24N6O2S. The van der Waals surface area contributed by atoms with Crippen LogP contribution in [0.25, 0.3) is 17.1 Å². The van der Waals surface area contributed by atoms with Gasteiger partial charge in [0.25, 0.3) is 0 Å². The minimum Gasteiger partial charge on any atom is -0.324 e. The first-order chi connectivity index (χ1) is 17.1. The van der Waals surface area contributed by atoms with Crippen LogP contribution in [0, 0.1) is 6.92 Å². The lowest BCUT2D eigenvalue weighted by molar-refractivity contribution is -0.117. The first-order valence-corrected chi connectivity index (χ1v) is 12.3.